The van der Waals surface area contributed by atoms with E-state index in [9.17, 15) is 4.79 Å². The van der Waals surface area contributed by atoms with Crippen LogP contribution in [-0.2, 0) is 0 Å². The van der Waals surface area contributed by atoms with Crippen LogP contribution in [0.25, 0.3) is 16.7 Å². The first kappa shape index (κ1) is 21.6. The molecule has 0 fully saturated rings. The first-order valence-corrected chi connectivity index (χ1v) is 10.9. The molecule has 1 N–H and O–H groups in total. The van der Waals surface area contributed by atoms with E-state index in [2.05, 4.69) is 41.5 Å². The highest BCUT2D eigenvalue weighted by Crippen LogP contribution is 2.24. The van der Waals surface area contributed by atoms with Crippen LogP contribution in [0.1, 0.15) is 55.1 Å². The van der Waals surface area contributed by atoms with E-state index < -0.39 is 0 Å². The van der Waals surface area contributed by atoms with Gasteiger partial charge in [-0.25, -0.2) is 0 Å². The highest BCUT2D eigenvalue weighted by Gasteiger charge is 2.12. The van der Waals surface area contributed by atoms with Crippen LogP contribution >= 0.6 is 0 Å². The number of nitrogens with zero attached hydrogens (tertiary/aromatic N) is 3. The van der Waals surface area contributed by atoms with Gasteiger partial charge in [0.15, 0.2) is 0 Å². The topological polar surface area (TPSA) is 69.0 Å². The van der Waals surface area contributed by atoms with Crippen molar-refractivity contribution in [2.24, 2.45) is 0 Å². The number of aryl methyl sites for hydroxylation is 1. The van der Waals surface area contributed by atoms with Crippen molar-refractivity contribution >= 4 is 22.6 Å². The van der Waals surface area contributed by atoms with E-state index in [0.717, 1.165) is 28.0 Å². The van der Waals surface area contributed by atoms with Crippen LogP contribution in [0.2, 0.25) is 0 Å². The predicted molar refractivity (Wildman–Crippen MR) is 128 cm³/mol. The van der Waals surface area contributed by atoms with Crippen molar-refractivity contribution in [2.75, 3.05) is 5.32 Å². The lowest BCUT2D eigenvalue weighted by molar-refractivity contribution is 0.102. The minimum atomic E-state index is -0.180. The number of carbonyl (C=O) groups excluding carboxylic acids is 1. The van der Waals surface area contributed by atoms with Crippen LogP contribution in [0.3, 0.4) is 0 Å². The Bertz CT molecular complexity index is 1240. The average molecular weight is 429 g/mol. The highest BCUT2D eigenvalue weighted by molar-refractivity contribution is 6.05. The van der Waals surface area contributed by atoms with E-state index in [4.69, 9.17) is 4.74 Å². The second-order valence-corrected chi connectivity index (χ2v) is 8.54. The molecule has 3 aromatic carbocycles. The van der Waals surface area contributed by atoms with Crippen molar-refractivity contribution < 1.29 is 9.53 Å². The molecule has 1 aromatic heterocycles. The SMILES string of the molecule is Cc1cc2nn(-c3ccc(C(C)C)cc3)nc2cc1NC(=O)c1ccc(OC(C)C)cc1. The Labute approximate surface area is 188 Å². The number of ether oxygens (including phenoxy) is 1. The molecule has 0 saturated carbocycles. The number of nitrogens with one attached hydrogen (secondary N) is 1. The number of carbonyl (C=O) groups is 1. The third-order valence-electron chi connectivity index (χ3n) is 5.25. The molecule has 32 heavy (non-hydrogen) atoms. The third kappa shape index (κ3) is 4.64. The van der Waals surface area contributed by atoms with Crippen LogP contribution in [0.5, 0.6) is 5.75 Å². The van der Waals surface area contributed by atoms with Gasteiger partial charge >= 0.3 is 0 Å². The molecule has 6 heteroatoms. The molecule has 0 atom stereocenters. The van der Waals surface area contributed by atoms with Gasteiger partial charge in [-0.1, -0.05) is 26.0 Å². The molecule has 4 aromatic rings. The Balaban J connectivity index is 1.55. The molecule has 1 heterocycles. The minimum Gasteiger partial charge on any atom is -0.491 e. The Hall–Kier alpha value is -3.67. The lowest BCUT2D eigenvalue weighted by Crippen LogP contribution is -2.13. The molecule has 0 radical (unpaired) electrons. The van der Waals surface area contributed by atoms with Gasteiger partial charge < -0.3 is 10.1 Å². The molecule has 1 amide bonds. The van der Waals surface area contributed by atoms with Crippen LogP contribution in [-0.4, -0.2) is 27.0 Å². The molecule has 0 bridgehead atoms. The minimum absolute atomic E-state index is 0.0885. The molecule has 6 nitrogen and oxygen atoms in total. The summed E-state index contributed by atoms with van der Waals surface area (Å²) in [4.78, 5) is 14.4. The standard InChI is InChI=1S/C26H28N4O2/c1-16(2)19-6-10-21(11-7-19)30-28-24-14-18(5)23(15-25(24)29-30)27-26(31)20-8-12-22(13-9-20)32-17(3)4/h6-17H,1-5H3,(H,27,31). The summed E-state index contributed by atoms with van der Waals surface area (Å²) in [6.45, 7) is 10.2. The molecule has 0 aliphatic rings. The summed E-state index contributed by atoms with van der Waals surface area (Å²) in [5.74, 6) is 1.04. The Kier molecular flexibility index (Phi) is 5.95. The van der Waals surface area contributed by atoms with Crippen molar-refractivity contribution in [2.45, 2.75) is 46.6 Å². The predicted octanol–water partition coefficient (Wildman–Crippen LogP) is 5.89. The van der Waals surface area contributed by atoms with Gasteiger partial charge in [0.05, 0.1) is 11.8 Å². The zero-order valence-electron chi connectivity index (χ0n) is 19.1. The fourth-order valence-electron chi connectivity index (χ4n) is 3.46. The maximum atomic E-state index is 12.8. The van der Waals surface area contributed by atoms with E-state index in [-0.39, 0.29) is 12.0 Å². The van der Waals surface area contributed by atoms with Gasteiger partial charge in [0.1, 0.15) is 16.8 Å². The number of hydrogen-bond acceptors (Lipinski definition) is 4. The largest absolute Gasteiger partial charge is 0.491 e. The van der Waals surface area contributed by atoms with Crippen LogP contribution in [0.15, 0.2) is 60.7 Å². The normalized spacial score (nSPS) is 11.3. The maximum Gasteiger partial charge on any atom is 0.255 e. The van der Waals surface area contributed by atoms with Gasteiger partial charge in [-0.2, -0.15) is 4.80 Å². The number of anilines is 1. The van der Waals surface area contributed by atoms with Crippen LogP contribution < -0.4 is 10.1 Å². The molecule has 0 unspecified atom stereocenters. The Morgan fingerprint density at radius 1 is 0.906 bits per heavy atom. The first-order chi connectivity index (χ1) is 15.3. The van der Waals surface area contributed by atoms with E-state index >= 15 is 0 Å². The zero-order valence-corrected chi connectivity index (χ0v) is 19.1. The van der Waals surface area contributed by atoms with Gasteiger partial charge in [0, 0.05) is 11.3 Å². The summed E-state index contributed by atoms with van der Waals surface area (Å²) in [7, 11) is 0. The van der Waals surface area contributed by atoms with Crippen LogP contribution in [0, 0.1) is 6.92 Å². The number of rotatable bonds is 6. The quantitative estimate of drug-likeness (QED) is 0.416. The molecule has 4 rings (SSSR count). The summed E-state index contributed by atoms with van der Waals surface area (Å²) in [5, 5.41) is 12.2. The monoisotopic (exact) mass is 428 g/mol. The number of hydrogen-bond donors (Lipinski definition) is 1. The van der Waals surface area contributed by atoms with Gasteiger partial charge in [-0.3, -0.25) is 4.79 Å². The summed E-state index contributed by atoms with van der Waals surface area (Å²) in [6.07, 6.45) is 0.0885. The summed E-state index contributed by atoms with van der Waals surface area (Å²) in [5.41, 5.74) is 5.88. The third-order valence-corrected chi connectivity index (χ3v) is 5.25. The summed E-state index contributed by atoms with van der Waals surface area (Å²) in [6, 6.07) is 19.2. The molecule has 0 aliphatic carbocycles. The second kappa shape index (κ2) is 8.83. The number of benzene rings is 3. The van der Waals surface area contributed by atoms with E-state index in [1.807, 2.05) is 45.0 Å². The lowest BCUT2D eigenvalue weighted by atomic mass is 10.0. The van der Waals surface area contributed by atoms with E-state index in [1.54, 1.807) is 29.1 Å². The molecule has 0 spiro atoms. The fraction of sp³-hybridized carbons (Fsp3) is 0.269. The fourth-order valence-corrected chi connectivity index (χ4v) is 3.46. The number of aromatic nitrogens is 3. The second-order valence-electron chi connectivity index (χ2n) is 8.54. The molecular weight excluding hydrogens is 400 g/mol. The highest BCUT2D eigenvalue weighted by atomic mass is 16.5. The van der Waals surface area contributed by atoms with Gasteiger partial charge in [-0.15, -0.1) is 10.2 Å². The van der Waals surface area contributed by atoms with E-state index in [0.29, 0.717) is 17.2 Å². The average Bonchev–Trinajstić information content (AvgIpc) is 3.16. The van der Waals surface area contributed by atoms with Crippen LogP contribution in [0.4, 0.5) is 5.69 Å². The summed E-state index contributed by atoms with van der Waals surface area (Å²) >= 11 is 0. The number of amides is 1. The molecule has 0 saturated heterocycles. The maximum absolute atomic E-state index is 12.8. The van der Waals surface area contributed by atoms with Crippen molar-refractivity contribution in [3.8, 4) is 11.4 Å². The van der Waals surface area contributed by atoms with Gasteiger partial charge in [0.25, 0.3) is 5.91 Å². The van der Waals surface area contributed by atoms with Crippen molar-refractivity contribution in [1.29, 1.82) is 0 Å². The van der Waals surface area contributed by atoms with Crippen molar-refractivity contribution in [3.63, 3.8) is 0 Å². The molecule has 164 valence electrons. The van der Waals surface area contributed by atoms with Gasteiger partial charge in [0.2, 0.25) is 0 Å². The smallest absolute Gasteiger partial charge is 0.255 e. The van der Waals surface area contributed by atoms with Crippen molar-refractivity contribution in [3.05, 3.63) is 77.4 Å². The lowest BCUT2D eigenvalue weighted by Gasteiger charge is -2.11. The molecular formula is C26H28N4O2. The Morgan fingerprint density at radius 3 is 2.12 bits per heavy atom. The van der Waals surface area contributed by atoms with E-state index in [1.165, 1.54) is 5.56 Å². The van der Waals surface area contributed by atoms with Gasteiger partial charge in [-0.05, 0) is 86.3 Å². The number of fused-ring (bicyclic) bond motifs is 1. The Morgan fingerprint density at radius 2 is 1.53 bits per heavy atom. The first-order valence-electron chi connectivity index (χ1n) is 10.9. The van der Waals surface area contributed by atoms with Crippen molar-refractivity contribution in [1.82, 2.24) is 15.0 Å². The summed E-state index contributed by atoms with van der Waals surface area (Å²) < 4.78 is 5.64. The molecule has 0 aliphatic heterocycles. The zero-order chi connectivity index (χ0) is 22.8.